The van der Waals surface area contributed by atoms with Crippen LogP contribution in [0.15, 0.2) is 11.6 Å². The van der Waals surface area contributed by atoms with E-state index in [4.69, 9.17) is 14.2 Å². The molecular formula is C23H40O5. The Morgan fingerprint density at radius 1 is 1.07 bits per heavy atom. The first-order chi connectivity index (χ1) is 13.4. The first-order valence-corrected chi connectivity index (χ1v) is 11.1. The van der Waals surface area contributed by atoms with Crippen molar-refractivity contribution in [2.24, 2.45) is 11.8 Å². The van der Waals surface area contributed by atoms with Crippen molar-refractivity contribution in [3.8, 4) is 0 Å². The maximum atomic E-state index is 12.1. The smallest absolute Gasteiger partial charge is 0.306 e. The highest BCUT2D eigenvalue weighted by molar-refractivity contribution is 5.69. The summed E-state index contributed by atoms with van der Waals surface area (Å²) in [5.41, 5.74) is 1.36. The Hall–Kier alpha value is -0.910. The molecule has 5 atom stereocenters. The summed E-state index contributed by atoms with van der Waals surface area (Å²) in [6.45, 7) is 9.65. The standard InChI is InChI=1S/C23H40O5/c1-16(2)8-5-9-17(3)10-6-11-18(4)12-7-13-21(25)28-20-15-27-22-19(24)14-26-23(20)22/h12,16-17,19-20,22-24H,5-11,13-15H2,1-4H3/t17?,19-,20+,22-,23-/m1/s1. The number of carbonyl (C=O) groups excluding carboxylic acids is 1. The normalized spacial score (nSPS) is 28.6. The summed E-state index contributed by atoms with van der Waals surface area (Å²) in [5, 5.41) is 9.72. The van der Waals surface area contributed by atoms with Gasteiger partial charge in [-0.15, -0.1) is 0 Å². The molecule has 1 unspecified atom stereocenters. The fourth-order valence-electron chi connectivity index (χ4n) is 4.06. The van der Waals surface area contributed by atoms with Gasteiger partial charge in [-0.1, -0.05) is 58.1 Å². The molecule has 0 aromatic heterocycles. The van der Waals surface area contributed by atoms with Gasteiger partial charge in [0.2, 0.25) is 0 Å². The average Bonchev–Trinajstić information content (AvgIpc) is 3.18. The maximum absolute atomic E-state index is 12.1. The lowest BCUT2D eigenvalue weighted by Crippen LogP contribution is -2.34. The lowest BCUT2D eigenvalue weighted by Gasteiger charge is -2.16. The molecule has 0 bridgehead atoms. The first kappa shape index (κ1) is 23.4. The van der Waals surface area contributed by atoms with Crippen molar-refractivity contribution in [2.45, 2.75) is 103 Å². The number of carbonyl (C=O) groups is 1. The van der Waals surface area contributed by atoms with Crippen molar-refractivity contribution in [1.29, 1.82) is 0 Å². The summed E-state index contributed by atoms with van der Waals surface area (Å²) >= 11 is 0. The van der Waals surface area contributed by atoms with Crippen LogP contribution in [0, 0.1) is 11.8 Å². The second-order valence-electron chi connectivity index (χ2n) is 9.10. The molecule has 2 aliphatic rings. The number of hydrogen-bond donors (Lipinski definition) is 1. The Bertz CT molecular complexity index is 501. The van der Waals surface area contributed by atoms with Crippen LogP contribution in [0.1, 0.15) is 79.1 Å². The van der Waals surface area contributed by atoms with Crippen LogP contribution in [-0.4, -0.2) is 48.7 Å². The molecule has 5 nitrogen and oxygen atoms in total. The molecule has 28 heavy (non-hydrogen) atoms. The van der Waals surface area contributed by atoms with Crippen LogP contribution in [0.5, 0.6) is 0 Å². The number of aliphatic hydroxyl groups is 1. The highest BCUT2D eigenvalue weighted by atomic mass is 16.6. The fraction of sp³-hybridized carbons (Fsp3) is 0.870. The van der Waals surface area contributed by atoms with Gasteiger partial charge in [0.1, 0.15) is 18.3 Å². The molecule has 162 valence electrons. The highest BCUT2D eigenvalue weighted by Gasteiger charge is 2.48. The van der Waals surface area contributed by atoms with Crippen LogP contribution in [0.4, 0.5) is 0 Å². The monoisotopic (exact) mass is 396 g/mol. The molecule has 2 rings (SSSR count). The molecule has 2 aliphatic heterocycles. The van der Waals surface area contributed by atoms with Gasteiger partial charge >= 0.3 is 5.97 Å². The molecule has 2 fully saturated rings. The van der Waals surface area contributed by atoms with Gasteiger partial charge in [-0.25, -0.2) is 0 Å². The number of rotatable bonds is 12. The van der Waals surface area contributed by atoms with Crippen LogP contribution in [0.25, 0.3) is 0 Å². The molecule has 0 spiro atoms. The number of allylic oxidation sites excluding steroid dienone is 2. The second kappa shape index (κ2) is 11.9. The summed E-state index contributed by atoms with van der Waals surface area (Å²) in [4.78, 5) is 12.1. The van der Waals surface area contributed by atoms with E-state index < -0.39 is 12.2 Å². The van der Waals surface area contributed by atoms with Gasteiger partial charge in [-0.3, -0.25) is 4.79 Å². The third kappa shape index (κ3) is 7.84. The van der Waals surface area contributed by atoms with Crippen LogP contribution in [0.2, 0.25) is 0 Å². The molecular weight excluding hydrogens is 356 g/mol. The Morgan fingerprint density at radius 3 is 2.54 bits per heavy atom. The number of ether oxygens (including phenoxy) is 3. The summed E-state index contributed by atoms with van der Waals surface area (Å²) < 4.78 is 16.5. The zero-order valence-electron chi connectivity index (χ0n) is 18.2. The Kier molecular flexibility index (Phi) is 9.96. The zero-order valence-corrected chi connectivity index (χ0v) is 18.2. The summed E-state index contributed by atoms with van der Waals surface area (Å²) in [6.07, 6.45) is 9.18. The molecule has 2 heterocycles. The molecule has 0 aromatic carbocycles. The fourth-order valence-corrected chi connectivity index (χ4v) is 4.06. The van der Waals surface area contributed by atoms with Crippen LogP contribution in [0.3, 0.4) is 0 Å². The van der Waals surface area contributed by atoms with Crippen molar-refractivity contribution in [1.82, 2.24) is 0 Å². The van der Waals surface area contributed by atoms with E-state index in [9.17, 15) is 9.90 Å². The summed E-state index contributed by atoms with van der Waals surface area (Å²) in [5.74, 6) is 1.39. The van der Waals surface area contributed by atoms with Gasteiger partial charge in [0.15, 0.2) is 6.10 Å². The molecule has 2 saturated heterocycles. The Balaban J connectivity index is 1.55. The van der Waals surface area contributed by atoms with E-state index in [0.29, 0.717) is 19.4 Å². The molecule has 0 aliphatic carbocycles. The van der Waals surface area contributed by atoms with Crippen molar-refractivity contribution < 1.29 is 24.1 Å². The van der Waals surface area contributed by atoms with Crippen LogP contribution >= 0.6 is 0 Å². The quantitative estimate of drug-likeness (QED) is 0.391. The Morgan fingerprint density at radius 2 is 1.79 bits per heavy atom. The predicted octanol–water partition coefficient (Wildman–Crippen LogP) is 4.42. The van der Waals surface area contributed by atoms with E-state index in [0.717, 1.165) is 18.3 Å². The van der Waals surface area contributed by atoms with E-state index in [1.165, 1.54) is 37.7 Å². The lowest BCUT2D eigenvalue weighted by atomic mass is 9.94. The minimum Gasteiger partial charge on any atom is -0.457 e. The molecule has 0 saturated carbocycles. The largest absolute Gasteiger partial charge is 0.457 e. The maximum Gasteiger partial charge on any atom is 0.306 e. The van der Waals surface area contributed by atoms with Crippen molar-refractivity contribution >= 4 is 5.97 Å². The van der Waals surface area contributed by atoms with E-state index >= 15 is 0 Å². The second-order valence-corrected chi connectivity index (χ2v) is 9.10. The van der Waals surface area contributed by atoms with Gasteiger partial charge in [0, 0.05) is 6.42 Å². The number of esters is 1. The number of aliphatic hydroxyl groups excluding tert-OH is 1. The number of fused-ring (bicyclic) bond motifs is 1. The van der Waals surface area contributed by atoms with Crippen LogP contribution in [-0.2, 0) is 19.0 Å². The van der Waals surface area contributed by atoms with Crippen molar-refractivity contribution in [3.05, 3.63) is 11.6 Å². The van der Waals surface area contributed by atoms with Crippen LogP contribution < -0.4 is 0 Å². The molecule has 5 heteroatoms. The van der Waals surface area contributed by atoms with Gasteiger partial charge < -0.3 is 19.3 Å². The minimum absolute atomic E-state index is 0.220. The van der Waals surface area contributed by atoms with Gasteiger partial charge in [-0.2, -0.15) is 0 Å². The van der Waals surface area contributed by atoms with Gasteiger partial charge in [-0.05, 0) is 38.0 Å². The third-order valence-electron chi connectivity index (χ3n) is 5.85. The van der Waals surface area contributed by atoms with Gasteiger partial charge in [0.25, 0.3) is 0 Å². The minimum atomic E-state index is -0.614. The Labute approximate surface area is 170 Å². The number of hydrogen-bond acceptors (Lipinski definition) is 5. The van der Waals surface area contributed by atoms with E-state index in [1.54, 1.807) is 0 Å². The SMILES string of the molecule is CC(=CCCC(=O)O[C@H]1CO[C@H]2[C@@H]1OC[C@H]2O)CCCC(C)CCCC(C)C. The van der Waals surface area contributed by atoms with E-state index in [2.05, 4.69) is 33.8 Å². The summed E-state index contributed by atoms with van der Waals surface area (Å²) in [7, 11) is 0. The van der Waals surface area contributed by atoms with E-state index in [-0.39, 0.29) is 24.8 Å². The van der Waals surface area contributed by atoms with Crippen molar-refractivity contribution in [3.63, 3.8) is 0 Å². The van der Waals surface area contributed by atoms with Crippen molar-refractivity contribution in [2.75, 3.05) is 13.2 Å². The molecule has 1 N–H and O–H groups in total. The third-order valence-corrected chi connectivity index (χ3v) is 5.85. The molecule has 0 amide bonds. The summed E-state index contributed by atoms with van der Waals surface area (Å²) in [6, 6.07) is 0. The average molecular weight is 397 g/mol. The topological polar surface area (TPSA) is 65.0 Å². The highest BCUT2D eigenvalue weighted by Crippen LogP contribution is 2.29. The molecule has 0 aromatic rings. The molecule has 0 radical (unpaired) electrons. The van der Waals surface area contributed by atoms with Gasteiger partial charge in [0.05, 0.1) is 13.2 Å². The van der Waals surface area contributed by atoms with E-state index in [1.807, 2.05) is 0 Å². The predicted molar refractivity (Wildman–Crippen MR) is 110 cm³/mol. The first-order valence-electron chi connectivity index (χ1n) is 11.1. The lowest BCUT2D eigenvalue weighted by molar-refractivity contribution is -0.153. The zero-order chi connectivity index (χ0) is 20.5.